The number of amidine groups is 1. The van der Waals surface area contributed by atoms with Gasteiger partial charge in [0.2, 0.25) is 5.91 Å². The molecule has 1 saturated heterocycles. The molecule has 1 N–H and O–H groups in total. The smallest absolute Gasteiger partial charge is 0.256 e. The number of hydrogen-bond donors (Lipinski definition) is 1. The summed E-state index contributed by atoms with van der Waals surface area (Å²) in [5.74, 6) is 1.64. The number of piperidine rings is 1. The van der Waals surface area contributed by atoms with Gasteiger partial charge in [-0.1, -0.05) is 50.6 Å². The van der Waals surface area contributed by atoms with E-state index in [2.05, 4.69) is 37.7 Å². The highest BCUT2D eigenvalue weighted by atomic mass is 16.2. The molecule has 3 rings (SSSR count). The summed E-state index contributed by atoms with van der Waals surface area (Å²) in [6, 6.07) is 7.87. The Bertz CT molecular complexity index is 1080. The summed E-state index contributed by atoms with van der Waals surface area (Å²) in [7, 11) is 0. The quantitative estimate of drug-likeness (QED) is 0.198. The van der Waals surface area contributed by atoms with Crippen LogP contribution in [0.15, 0.2) is 64.8 Å². The molecule has 0 spiro atoms. The van der Waals surface area contributed by atoms with E-state index >= 15 is 0 Å². The highest BCUT2D eigenvalue weighted by molar-refractivity contribution is 6.07. The molecule has 6 heteroatoms. The Balaban J connectivity index is 0.00000191. The van der Waals surface area contributed by atoms with Gasteiger partial charge in [-0.2, -0.15) is 0 Å². The molecule has 6 nitrogen and oxygen atoms in total. The van der Waals surface area contributed by atoms with Gasteiger partial charge in [0.15, 0.2) is 0 Å². The lowest BCUT2D eigenvalue weighted by Crippen LogP contribution is -2.34. The van der Waals surface area contributed by atoms with Gasteiger partial charge in [0.05, 0.1) is 0 Å². The number of rotatable bonds is 10. The van der Waals surface area contributed by atoms with Gasteiger partial charge in [-0.15, -0.1) is 0 Å². The molecule has 0 radical (unpaired) electrons. The Hall–Kier alpha value is -3.28. The van der Waals surface area contributed by atoms with Gasteiger partial charge in [-0.3, -0.25) is 9.59 Å². The molecule has 1 fully saturated rings. The number of nitrogens with one attached hydrogen (secondary N) is 1. The minimum atomic E-state index is -0.120. The van der Waals surface area contributed by atoms with Crippen LogP contribution in [-0.2, 0) is 16.0 Å². The van der Waals surface area contributed by atoms with Gasteiger partial charge in [-0.25, -0.2) is 4.99 Å². The number of benzene rings is 1. The second-order valence-electron chi connectivity index (χ2n) is 11.2. The molecule has 2 aliphatic heterocycles. The number of carbonyl (C=O) groups is 3. The second kappa shape index (κ2) is 16.6. The van der Waals surface area contributed by atoms with Gasteiger partial charge < -0.3 is 15.0 Å². The van der Waals surface area contributed by atoms with Crippen molar-refractivity contribution in [3.05, 3.63) is 71.0 Å². The van der Waals surface area contributed by atoms with Crippen molar-refractivity contribution in [2.75, 3.05) is 13.1 Å². The lowest BCUT2D eigenvalue weighted by molar-refractivity contribution is -0.126. The Morgan fingerprint density at radius 1 is 1.13 bits per heavy atom. The maximum Gasteiger partial charge on any atom is 0.256 e. The van der Waals surface area contributed by atoms with Crippen molar-refractivity contribution in [3.63, 3.8) is 0 Å². The fraction of sp³-hybridized carbons (Fsp3) is 0.515. The molecular formula is C33H49N3O3. The maximum atomic E-state index is 12.7. The van der Waals surface area contributed by atoms with E-state index in [0.29, 0.717) is 23.7 Å². The molecule has 0 saturated carbocycles. The Morgan fingerprint density at radius 3 is 2.38 bits per heavy atom. The molecule has 0 aromatic heterocycles. The van der Waals surface area contributed by atoms with Crippen molar-refractivity contribution in [3.8, 4) is 0 Å². The van der Waals surface area contributed by atoms with E-state index in [9.17, 15) is 9.59 Å². The van der Waals surface area contributed by atoms with Crippen LogP contribution >= 0.6 is 0 Å². The molecule has 1 aromatic rings. The molecule has 2 amide bonds. The molecular weight excluding hydrogens is 486 g/mol. The third kappa shape index (κ3) is 11.6. The fourth-order valence-corrected chi connectivity index (χ4v) is 4.71. The average molecular weight is 536 g/mol. The Labute approximate surface area is 236 Å². The topological polar surface area (TPSA) is 78.8 Å². The van der Waals surface area contributed by atoms with Gasteiger partial charge in [-0.05, 0) is 93.9 Å². The van der Waals surface area contributed by atoms with E-state index in [1.807, 2.05) is 42.3 Å². The van der Waals surface area contributed by atoms with E-state index in [0.717, 1.165) is 74.6 Å². The monoisotopic (exact) mass is 535 g/mol. The van der Waals surface area contributed by atoms with E-state index in [-0.39, 0.29) is 19.2 Å². The number of hydrogen-bond acceptors (Lipinski definition) is 4. The Morgan fingerprint density at radius 2 is 1.77 bits per heavy atom. The van der Waals surface area contributed by atoms with Crippen LogP contribution < -0.4 is 5.32 Å². The van der Waals surface area contributed by atoms with Crippen molar-refractivity contribution < 1.29 is 15.8 Å². The lowest BCUT2D eigenvalue weighted by Gasteiger charge is -2.26. The minimum Gasteiger partial charge on any atom is -0.339 e. The zero-order chi connectivity index (χ0) is 28.8. The number of likely N-dealkylation sites (tertiary alicyclic amines) is 1. The van der Waals surface area contributed by atoms with E-state index in [4.69, 9.17) is 4.79 Å². The number of amides is 2. The van der Waals surface area contributed by atoms with Crippen LogP contribution in [0.2, 0.25) is 0 Å². The average Bonchev–Trinajstić information content (AvgIpc) is 3.34. The second-order valence-corrected chi connectivity index (χ2v) is 11.2. The molecule has 39 heavy (non-hydrogen) atoms. The summed E-state index contributed by atoms with van der Waals surface area (Å²) in [5.41, 5.74) is 5.28. The molecule has 1 aromatic carbocycles. The molecule has 214 valence electrons. The maximum absolute atomic E-state index is 12.7. The number of carbonyl (C=O) groups excluding carboxylic acids is 3. The van der Waals surface area contributed by atoms with Crippen molar-refractivity contribution in [2.24, 2.45) is 16.8 Å². The number of aliphatic imine (C=N–C) groups is 1. The third-order valence-corrected chi connectivity index (χ3v) is 7.10. The molecule has 0 aliphatic carbocycles. The standard InChI is InChI=1S/C31H43N3O2.C2H4O.H2/c1-22(2)9-10-26-11-13-28(14-12-26)31(36)33-29-20-27(21-32-29)19-25(5)24(4)17-23(3)18-30(35)34-15-7-6-8-16-34;1-2-3;/h11-14,18,21-22,24H,5-10,15-17,19-20H2,1-4H3,(H,32,33,36);2H,1H3;1H/b23-18+;;. The highest BCUT2D eigenvalue weighted by Crippen LogP contribution is 2.27. The first-order valence-electron chi connectivity index (χ1n) is 14.3. The van der Waals surface area contributed by atoms with Gasteiger partial charge in [0.25, 0.3) is 5.91 Å². The summed E-state index contributed by atoms with van der Waals surface area (Å²) < 4.78 is 0. The first kappa shape index (κ1) is 31.9. The number of aryl methyl sites for hydroxylation is 1. The SMILES string of the molecule is C=C(CC1=CN=C(NC(=O)c2ccc(CCC(C)C)cc2)C1)C(C)C/C(C)=C/C(=O)N1CCCCC1.CC=O.[HH]. The van der Waals surface area contributed by atoms with Gasteiger partial charge >= 0.3 is 0 Å². The van der Waals surface area contributed by atoms with Crippen LogP contribution in [0.25, 0.3) is 0 Å². The predicted molar refractivity (Wildman–Crippen MR) is 163 cm³/mol. The molecule has 1 unspecified atom stereocenters. The first-order valence-corrected chi connectivity index (χ1v) is 14.3. The largest absolute Gasteiger partial charge is 0.339 e. The summed E-state index contributed by atoms with van der Waals surface area (Å²) in [6.45, 7) is 16.1. The molecule has 2 heterocycles. The molecule has 2 aliphatic rings. The normalized spacial score (nSPS) is 16.1. The van der Waals surface area contributed by atoms with Crippen LogP contribution in [0.3, 0.4) is 0 Å². The third-order valence-electron chi connectivity index (χ3n) is 7.10. The fourth-order valence-electron chi connectivity index (χ4n) is 4.71. The number of allylic oxidation sites excluding steroid dienone is 2. The van der Waals surface area contributed by atoms with Crippen molar-refractivity contribution in [1.29, 1.82) is 0 Å². The lowest BCUT2D eigenvalue weighted by atomic mass is 9.90. The van der Waals surface area contributed by atoms with Crippen LogP contribution in [0.1, 0.15) is 96.9 Å². The number of aldehydes is 1. The molecule has 0 bridgehead atoms. The van der Waals surface area contributed by atoms with E-state index < -0.39 is 0 Å². The molecule has 1 atom stereocenters. The summed E-state index contributed by atoms with van der Waals surface area (Å²) in [5, 5.41) is 2.96. The van der Waals surface area contributed by atoms with Crippen LogP contribution in [0, 0.1) is 11.8 Å². The number of nitrogens with zero attached hydrogens (tertiary/aromatic N) is 2. The van der Waals surface area contributed by atoms with E-state index in [1.54, 1.807) is 6.08 Å². The van der Waals surface area contributed by atoms with Crippen LogP contribution in [-0.4, -0.2) is 41.9 Å². The summed E-state index contributed by atoms with van der Waals surface area (Å²) in [4.78, 5) is 40.4. The van der Waals surface area contributed by atoms with Crippen LogP contribution in [0.5, 0.6) is 0 Å². The van der Waals surface area contributed by atoms with Crippen molar-refractivity contribution >= 4 is 23.9 Å². The van der Waals surface area contributed by atoms with Crippen molar-refractivity contribution in [1.82, 2.24) is 10.2 Å². The van der Waals surface area contributed by atoms with Crippen LogP contribution in [0.4, 0.5) is 0 Å². The van der Waals surface area contributed by atoms with E-state index in [1.165, 1.54) is 18.9 Å². The van der Waals surface area contributed by atoms with Crippen molar-refractivity contribution in [2.45, 2.75) is 86.0 Å². The van der Waals surface area contributed by atoms with Gasteiger partial charge in [0.1, 0.15) is 12.1 Å². The summed E-state index contributed by atoms with van der Waals surface area (Å²) >= 11 is 0. The Kier molecular flexibility index (Phi) is 13.6. The summed E-state index contributed by atoms with van der Waals surface area (Å²) in [6.07, 6.45) is 12.2. The zero-order valence-corrected chi connectivity index (χ0v) is 24.6. The van der Waals surface area contributed by atoms with Gasteiger partial charge in [0, 0.05) is 38.8 Å². The first-order chi connectivity index (χ1) is 18.6. The predicted octanol–water partition coefficient (Wildman–Crippen LogP) is 7.07. The highest BCUT2D eigenvalue weighted by Gasteiger charge is 2.18. The minimum absolute atomic E-state index is 0. The zero-order valence-electron chi connectivity index (χ0n) is 24.6.